The first kappa shape index (κ1) is 16.7. The summed E-state index contributed by atoms with van der Waals surface area (Å²) < 4.78 is 38.2. The molecule has 0 aliphatic carbocycles. The van der Waals surface area contributed by atoms with E-state index >= 15 is 0 Å². The molecule has 2 heterocycles. The maximum absolute atomic E-state index is 12.7. The normalized spacial score (nSPS) is 19.2. The van der Waals surface area contributed by atoms with Crippen LogP contribution in [-0.4, -0.2) is 34.0 Å². The summed E-state index contributed by atoms with van der Waals surface area (Å²) in [6.45, 7) is 2.58. The third-order valence-electron chi connectivity index (χ3n) is 4.03. The Balaban J connectivity index is 1.61. The van der Waals surface area contributed by atoms with E-state index in [2.05, 4.69) is 32.3 Å². The molecule has 24 heavy (non-hydrogen) atoms. The number of benzene rings is 1. The van der Waals surface area contributed by atoms with Crippen molar-refractivity contribution in [3.63, 3.8) is 0 Å². The summed E-state index contributed by atoms with van der Waals surface area (Å²) in [5, 5.41) is 3.05. The second kappa shape index (κ2) is 7.17. The number of alkyl halides is 3. The minimum absolute atomic E-state index is 0.0383. The van der Waals surface area contributed by atoms with Crippen LogP contribution < -0.4 is 5.32 Å². The van der Waals surface area contributed by atoms with Crippen molar-refractivity contribution in [2.75, 3.05) is 18.4 Å². The van der Waals surface area contributed by atoms with Gasteiger partial charge >= 0.3 is 6.18 Å². The van der Waals surface area contributed by atoms with Crippen LogP contribution in [0.15, 0.2) is 42.6 Å². The second-order valence-corrected chi connectivity index (χ2v) is 5.97. The molecule has 1 atom stereocenters. The molecule has 0 radical (unpaired) electrons. The minimum Gasteiger partial charge on any atom is -0.350 e. The number of hydrogen-bond acceptors (Lipinski definition) is 4. The molecule has 0 bridgehead atoms. The second-order valence-electron chi connectivity index (χ2n) is 5.97. The molecular weight excluding hydrogens is 317 g/mol. The predicted molar refractivity (Wildman–Crippen MR) is 85.4 cm³/mol. The van der Waals surface area contributed by atoms with Gasteiger partial charge in [0.25, 0.3) is 0 Å². The molecule has 0 saturated carbocycles. The first-order valence-corrected chi connectivity index (χ1v) is 7.94. The van der Waals surface area contributed by atoms with Gasteiger partial charge in [0.15, 0.2) is 0 Å². The van der Waals surface area contributed by atoms with E-state index in [1.807, 2.05) is 18.2 Å². The summed E-state index contributed by atoms with van der Waals surface area (Å²) >= 11 is 0. The molecule has 1 aliphatic rings. The zero-order valence-electron chi connectivity index (χ0n) is 13.1. The number of rotatable bonds is 4. The van der Waals surface area contributed by atoms with Gasteiger partial charge < -0.3 is 5.32 Å². The molecule has 1 N–H and O–H groups in total. The topological polar surface area (TPSA) is 41.1 Å². The molecule has 3 rings (SSSR count). The summed E-state index contributed by atoms with van der Waals surface area (Å²) in [7, 11) is 0. The third-order valence-corrected chi connectivity index (χ3v) is 4.03. The van der Waals surface area contributed by atoms with Crippen LogP contribution in [-0.2, 0) is 12.7 Å². The number of anilines is 1. The molecule has 128 valence electrons. The summed E-state index contributed by atoms with van der Waals surface area (Å²) in [6.07, 6.45) is -1.43. The largest absolute Gasteiger partial charge is 0.433 e. The van der Waals surface area contributed by atoms with Gasteiger partial charge in [-0.15, -0.1) is 0 Å². The van der Waals surface area contributed by atoms with Crippen LogP contribution in [0.25, 0.3) is 0 Å². The number of nitrogens with one attached hydrogen (secondary N) is 1. The molecule has 0 spiro atoms. The molecule has 1 aromatic heterocycles. The Morgan fingerprint density at radius 1 is 1.17 bits per heavy atom. The van der Waals surface area contributed by atoms with Crippen molar-refractivity contribution in [3.05, 3.63) is 53.9 Å². The Morgan fingerprint density at radius 2 is 1.96 bits per heavy atom. The van der Waals surface area contributed by atoms with Crippen molar-refractivity contribution >= 4 is 5.95 Å². The molecule has 1 aromatic carbocycles. The fourth-order valence-corrected chi connectivity index (χ4v) is 2.93. The number of nitrogens with zero attached hydrogens (tertiary/aromatic N) is 3. The maximum Gasteiger partial charge on any atom is 0.433 e. The molecule has 7 heteroatoms. The standard InChI is InChI=1S/C17H19F3N4/c18-17(19,20)15-8-9-21-16(23-15)22-14-7-4-10-24(12-14)11-13-5-2-1-3-6-13/h1-3,5-6,8-9,14H,4,7,10-12H2,(H,21,22,23). The lowest BCUT2D eigenvalue weighted by Gasteiger charge is -2.33. The highest BCUT2D eigenvalue weighted by Crippen LogP contribution is 2.27. The van der Waals surface area contributed by atoms with Gasteiger partial charge in [-0.25, -0.2) is 9.97 Å². The van der Waals surface area contributed by atoms with Gasteiger partial charge in [0, 0.05) is 25.3 Å². The highest BCUT2D eigenvalue weighted by molar-refractivity contribution is 5.28. The summed E-state index contributed by atoms with van der Waals surface area (Å²) in [5.74, 6) is 0.0383. The lowest BCUT2D eigenvalue weighted by molar-refractivity contribution is -0.141. The molecule has 0 amide bonds. The van der Waals surface area contributed by atoms with E-state index in [0.29, 0.717) is 0 Å². The average Bonchev–Trinajstić information content (AvgIpc) is 2.56. The van der Waals surface area contributed by atoms with Crippen molar-refractivity contribution in [3.8, 4) is 0 Å². The molecule has 1 saturated heterocycles. The Labute approximate surface area is 138 Å². The lowest BCUT2D eigenvalue weighted by atomic mass is 10.0. The Hall–Kier alpha value is -2.15. The average molecular weight is 336 g/mol. The number of piperidine rings is 1. The van der Waals surface area contributed by atoms with Gasteiger partial charge in [-0.2, -0.15) is 13.2 Å². The van der Waals surface area contributed by atoms with Gasteiger partial charge in [-0.3, -0.25) is 4.90 Å². The van der Waals surface area contributed by atoms with Gasteiger partial charge in [0.05, 0.1) is 0 Å². The predicted octanol–water partition coefficient (Wildman–Crippen LogP) is 3.57. The Morgan fingerprint density at radius 3 is 2.71 bits per heavy atom. The quantitative estimate of drug-likeness (QED) is 0.927. The van der Waals surface area contributed by atoms with E-state index in [9.17, 15) is 13.2 Å². The van der Waals surface area contributed by atoms with Crippen LogP contribution in [0, 0.1) is 0 Å². The highest BCUT2D eigenvalue weighted by Gasteiger charge is 2.33. The molecular formula is C17H19F3N4. The summed E-state index contributed by atoms with van der Waals surface area (Å²) in [6, 6.07) is 11.1. The molecule has 1 unspecified atom stereocenters. The van der Waals surface area contributed by atoms with Crippen LogP contribution in [0.2, 0.25) is 0 Å². The highest BCUT2D eigenvalue weighted by atomic mass is 19.4. The van der Waals surface area contributed by atoms with Crippen LogP contribution in [0.1, 0.15) is 24.1 Å². The number of hydrogen-bond donors (Lipinski definition) is 1. The van der Waals surface area contributed by atoms with Crippen LogP contribution in [0.5, 0.6) is 0 Å². The van der Waals surface area contributed by atoms with Crippen molar-refractivity contribution < 1.29 is 13.2 Å². The van der Waals surface area contributed by atoms with E-state index in [1.165, 1.54) is 5.56 Å². The first-order valence-electron chi connectivity index (χ1n) is 7.94. The zero-order valence-corrected chi connectivity index (χ0v) is 13.1. The molecule has 1 aliphatic heterocycles. The Bertz CT molecular complexity index is 660. The lowest BCUT2D eigenvalue weighted by Crippen LogP contribution is -2.42. The van der Waals surface area contributed by atoms with Crippen molar-refractivity contribution in [2.45, 2.75) is 31.6 Å². The molecule has 4 nitrogen and oxygen atoms in total. The zero-order chi connectivity index (χ0) is 17.0. The SMILES string of the molecule is FC(F)(F)c1ccnc(NC2CCCN(Cc3ccccc3)C2)n1. The Kier molecular flexibility index (Phi) is 4.99. The van der Waals surface area contributed by atoms with Gasteiger partial charge in [-0.05, 0) is 31.0 Å². The van der Waals surface area contributed by atoms with Crippen LogP contribution in [0.4, 0.5) is 19.1 Å². The smallest absolute Gasteiger partial charge is 0.350 e. The van der Waals surface area contributed by atoms with E-state index in [0.717, 1.165) is 44.7 Å². The van der Waals surface area contributed by atoms with Gasteiger partial charge in [0.1, 0.15) is 5.69 Å². The van der Waals surface area contributed by atoms with E-state index < -0.39 is 11.9 Å². The number of aromatic nitrogens is 2. The van der Waals surface area contributed by atoms with Gasteiger partial charge in [0.2, 0.25) is 5.95 Å². The van der Waals surface area contributed by atoms with Gasteiger partial charge in [-0.1, -0.05) is 30.3 Å². The first-order chi connectivity index (χ1) is 11.5. The van der Waals surface area contributed by atoms with E-state index in [1.54, 1.807) is 0 Å². The third kappa shape index (κ3) is 4.44. The molecule has 2 aromatic rings. The van der Waals surface area contributed by atoms with Crippen LogP contribution in [0.3, 0.4) is 0 Å². The number of halogens is 3. The number of likely N-dealkylation sites (tertiary alicyclic amines) is 1. The van der Waals surface area contributed by atoms with Crippen molar-refractivity contribution in [1.82, 2.24) is 14.9 Å². The summed E-state index contributed by atoms with van der Waals surface area (Å²) in [5.41, 5.74) is 0.311. The van der Waals surface area contributed by atoms with Crippen molar-refractivity contribution in [1.29, 1.82) is 0 Å². The monoisotopic (exact) mass is 336 g/mol. The fraction of sp³-hybridized carbons (Fsp3) is 0.412. The van der Waals surface area contributed by atoms with E-state index in [4.69, 9.17) is 0 Å². The molecule has 1 fully saturated rings. The fourth-order valence-electron chi connectivity index (χ4n) is 2.93. The van der Waals surface area contributed by atoms with Crippen LogP contribution >= 0.6 is 0 Å². The summed E-state index contributed by atoms with van der Waals surface area (Å²) in [4.78, 5) is 9.79. The minimum atomic E-state index is -4.45. The van der Waals surface area contributed by atoms with Crippen molar-refractivity contribution in [2.24, 2.45) is 0 Å². The maximum atomic E-state index is 12.7. The van der Waals surface area contributed by atoms with E-state index in [-0.39, 0.29) is 12.0 Å².